The van der Waals surface area contributed by atoms with Crippen LogP contribution >= 0.6 is 0 Å². The molecule has 1 aromatic rings. The number of para-hydroxylation sites is 1. The number of carbonyl (C=O) groups excluding carboxylic acids is 2. The highest BCUT2D eigenvalue weighted by Gasteiger charge is 2.31. The molecule has 3 rings (SSSR count). The van der Waals surface area contributed by atoms with E-state index in [0.717, 1.165) is 31.2 Å². The molecule has 2 aliphatic rings. The molecule has 1 heterocycles. The second kappa shape index (κ2) is 7.59. The summed E-state index contributed by atoms with van der Waals surface area (Å²) in [5, 5.41) is 0. The van der Waals surface area contributed by atoms with Crippen molar-refractivity contribution in [1.29, 1.82) is 0 Å². The summed E-state index contributed by atoms with van der Waals surface area (Å²) in [7, 11) is 0. The van der Waals surface area contributed by atoms with Crippen LogP contribution in [0.3, 0.4) is 0 Å². The van der Waals surface area contributed by atoms with Gasteiger partial charge in [0.05, 0.1) is 18.7 Å². The van der Waals surface area contributed by atoms with Crippen LogP contribution < -0.4 is 15.2 Å². The third kappa shape index (κ3) is 3.78. The summed E-state index contributed by atoms with van der Waals surface area (Å²) in [4.78, 5) is 26.0. The first-order valence-corrected chi connectivity index (χ1v) is 8.78. The molecule has 2 amide bonds. The largest absolute Gasteiger partial charge is 0.490 e. The first kappa shape index (κ1) is 17.3. The van der Waals surface area contributed by atoms with Crippen LogP contribution in [0.4, 0.5) is 0 Å². The van der Waals surface area contributed by atoms with Gasteiger partial charge < -0.3 is 20.1 Å². The second-order valence-electron chi connectivity index (χ2n) is 6.40. The summed E-state index contributed by atoms with van der Waals surface area (Å²) in [6, 6.07) is 5.69. The topological polar surface area (TPSA) is 81.9 Å². The fourth-order valence-corrected chi connectivity index (χ4v) is 3.51. The zero-order valence-corrected chi connectivity index (χ0v) is 14.5. The van der Waals surface area contributed by atoms with Crippen LogP contribution in [0.15, 0.2) is 23.8 Å². The lowest BCUT2D eigenvalue weighted by atomic mass is 10.0. The molecule has 1 fully saturated rings. The van der Waals surface area contributed by atoms with E-state index in [0.29, 0.717) is 23.7 Å². The van der Waals surface area contributed by atoms with Gasteiger partial charge in [-0.1, -0.05) is 25.0 Å². The van der Waals surface area contributed by atoms with Crippen LogP contribution in [0.2, 0.25) is 0 Å². The van der Waals surface area contributed by atoms with E-state index in [1.54, 1.807) is 4.90 Å². The number of primary amides is 1. The Kier molecular flexibility index (Phi) is 5.26. The van der Waals surface area contributed by atoms with E-state index in [9.17, 15) is 9.59 Å². The molecule has 1 aliphatic heterocycles. The summed E-state index contributed by atoms with van der Waals surface area (Å²) < 4.78 is 11.4. The minimum absolute atomic E-state index is 0.0489. The van der Waals surface area contributed by atoms with E-state index in [4.69, 9.17) is 15.2 Å². The number of nitrogens with two attached hydrogens (primary N) is 1. The smallest absolute Gasteiger partial charge is 0.253 e. The van der Waals surface area contributed by atoms with Gasteiger partial charge in [-0.05, 0) is 31.9 Å². The van der Waals surface area contributed by atoms with Gasteiger partial charge in [0.1, 0.15) is 6.61 Å². The molecule has 0 saturated heterocycles. The average Bonchev–Trinajstić information content (AvgIpc) is 3.13. The lowest BCUT2D eigenvalue weighted by Crippen LogP contribution is -2.45. The van der Waals surface area contributed by atoms with Gasteiger partial charge in [0.15, 0.2) is 11.5 Å². The number of hydrogen-bond donors (Lipinski definition) is 1. The number of amides is 2. The Morgan fingerprint density at radius 3 is 2.76 bits per heavy atom. The monoisotopic (exact) mass is 344 g/mol. The summed E-state index contributed by atoms with van der Waals surface area (Å²) in [5.41, 5.74) is 6.71. The molecule has 1 aromatic carbocycles. The molecule has 0 atom stereocenters. The maximum absolute atomic E-state index is 13.0. The molecule has 0 spiro atoms. The number of carbonyl (C=O) groups is 2. The fourth-order valence-electron chi connectivity index (χ4n) is 3.51. The summed E-state index contributed by atoms with van der Waals surface area (Å²) >= 11 is 0. The normalized spacial score (nSPS) is 16.6. The van der Waals surface area contributed by atoms with Crippen LogP contribution in [0.1, 0.15) is 38.2 Å². The summed E-state index contributed by atoms with van der Waals surface area (Å²) in [6.07, 6.45) is 5.80. The maximum atomic E-state index is 13.0. The number of ether oxygens (including phenoxy) is 2. The van der Waals surface area contributed by atoms with Crippen molar-refractivity contribution in [2.24, 2.45) is 5.73 Å². The number of nitrogens with zero attached hydrogens (tertiary/aromatic N) is 1. The molecule has 0 radical (unpaired) electrons. The molecule has 6 nitrogen and oxygen atoms in total. The van der Waals surface area contributed by atoms with Gasteiger partial charge in [-0.3, -0.25) is 9.59 Å². The van der Waals surface area contributed by atoms with Gasteiger partial charge in [-0.2, -0.15) is 0 Å². The van der Waals surface area contributed by atoms with Gasteiger partial charge in [0.25, 0.3) is 5.91 Å². The van der Waals surface area contributed by atoms with Crippen LogP contribution in [0.5, 0.6) is 11.5 Å². The minimum Gasteiger partial charge on any atom is -0.490 e. The molecular formula is C19H24N2O4. The molecule has 1 saturated carbocycles. The number of benzene rings is 1. The Bertz CT molecular complexity index is 693. The number of fused-ring (bicyclic) bond motifs is 1. The number of rotatable bonds is 6. The van der Waals surface area contributed by atoms with Gasteiger partial charge in [0, 0.05) is 11.6 Å². The number of hydrogen-bond acceptors (Lipinski definition) is 4. The Morgan fingerprint density at radius 1 is 1.32 bits per heavy atom. The van der Waals surface area contributed by atoms with Gasteiger partial charge in [-0.25, -0.2) is 0 Å². The Morgan fingerprint density at radius 2 is 2.08 bits per heavy atom. The lowest BCUT2D eigenvalue weighted by Gasteiger charge is -2.30. The third-order valence-electron chi connectivity index (χ3n) is 4.64. The SMILES string of the molecule is CCOc1cccc2c1OCC(C(=O)N(CC(N)=O)C1CCCC1)=C2. The quantitative estimate of drug-likeness (QED) is 0.857. The Balaban J connectivity index is 1.85. The maximum Gasteiger partial charge on any atom is 0.253 e. The van der Waals surface area contributed by atoms with Crippen molar-refractivity contribution < 1.29 is 19.1 Å². The van der Waals surface area contributed by atoms with Crippen molar-refractivity contribution in [1.82, 2.24) is 4.90 Å². The van der Waals surface area contributed by atoms with E-state index in [1.807, 2.05) is 31.2 Å². The first-order valence-electron chi connectivity index (χ1n) is 8.78. The zero-order valence-electron chi connectivity index (χ0n) is 14.5. The molecule has 0 aromatic heterocycles. The lowest BCUT2D eigenvalue weighted by molar-refractivity contribution is -0.134. The van der Waals surface area contributed by atoms with Crippen molar-refractivity contribution in [2.45, 2.75) is 38.6 Å². The van der Waals surface area contributed by atoms with Gasteiger partial charge >= 0.3 is 0 Å². The molecule has 0 unspecified atom stereocenters. The van der Waals surface area contributed by atoms with E-state index in [-0.39, 0.29) is 25.1 Å². The van der Waals surface area contributed by atoms with Crippen molar-refractivity contribution in [3.63, 3.8) is 0 Å². The van der Waals surface area contributed by atoms with Gasteiger partial charge in [-0.15, -0.1) is 0 Å². The van der Waals surface area contributed by atoms with Crippen LogP contribution in [0, 0.1) is 0 Å². The molecule has 134 valence electrons. The molecule has 1 aliphatic carbocycles. The molecular weight excluding hydrogens is 320 g/mol. The van der Waals surface area contributed by atoms with Crippen molar-refractivity contribution >= 4 is 17.9 Å². The first-order chi connectivity index (χ1) is 12.1. The summed E-state index contributed by atoms with van der Waals surface area (Å²) in [5.74, 6) is 0.672. The van der Waals surface area contributed by atoms with Crippen molar-refractivity contribution in [3.8, 4) is 11.5 Å². The highest BCUT2D eigenvalue weighted by Crippen LogP contribution is 2.36. The summed E-state index contributed by atoms with van der Waals surface area (Å²) in [6.45, 7) is 2.57. The Hall–Kier alpha value is -2.50. The van der Waals surface area contributed by atoms with Crippen molar-refractivity contribution in [2.75, 3.05) is 19.8 Å². The van der Waals surface area contributed by atoms with Crippen LogP contribution in [0.25, 0.3) is 6.08 Å². The van der Waals surface area contributed by atoms with E-state index in [2.05, 4.69) is 0 Å². The van der Waals surface area contributed by atoms with E-state index >= 15 is 0 Å². The molecule has 2 N–H and O–H groups in total. The van der Waals surface area contributed by atoms with E-state index < -0.39 is 5.91 Å². The minimum atomic E-state index is -0.489. The highest BCUT2D eigenvalue weighted by molar-refractivity contribution is 6.01. The predicted octanol–water partition coefficient (Wildman–Crippen LogP) is 2.12. The van der Waals surface area contributed by atoms with Crippen LogP contribution in [-0.2, 0) is 9.59 Å². The molecule has 25 heavy (non-hydrogen) atoms. The van der Waals surface area contributed by atoms with Crippen LogP contribution in [-0.4, -0.2) is 42.5 Å². The third-order valence-corrected chi connectivity index (χ3v) is 4.64. The van der Waals surface area contributed by atoms with Crippen molar-refractivity contribution in [3.05, 3.63) is 29.3 Å². The second-order valence-corrected chi connectivity index (χ2v) is 6.40. The predicted molar refractivity (Wildman–Crippen MR) is 94.2 cm³/mol. The standard InChI is InChI=1S/C19H24N2O4/c1-2-24-16-9-5-6-13-10-14(12-25-18(13)16)19(23)21(11-17(20)22)15-7-3-4-8-15/h5-6,9-10,15H,2-4,7-8,11-12H2,1H3,(H2,20,22). The molecule has 6 heteroatoms. The highest BCUT2D eigenvalue weighted by atomic mass is 16.5. The molecule has 0 bridgehead atoms. The Labute approximate surface area is 147 Å². The van der Waals surface area contributed by atoms with Gasteiger partial charge in [0.2, 0.25) is 5.91 Å². The fraction of sp³-hybridized carbons (Fsp3) is 0.474. The zero-order chi connectivity index (χ0) is 17.8. The average molecular weight is 344 g/mol. The van der Waals surface area contributed by atoms with E-state index in [1.165, 1.54) is 0 Å².